The summed E-state index contributed by atoms with van der Waals surface area (Å²) in [6.45, 7) is 4.10. The van der Waals surface area contributed by atoms with Gasteiger partial charge in [-0.3, -0.25) is 4.79 Å². The van der Waals surface area contributed by atoms with E-state index in [1.165, 1.54) is 10.4 Å². The number of benzene rings is 2. The molecule has 0 saturated carbocycles. The van der Waals surface area contributed by atoms with E-state index in [0.717, 1.165) is 30.4 Å². The zero-order valence-corrected chi connectivity index (χ0v) is 19.4. The molecular weight excluding hydrogens is 428 g/mol. The number of hydrogen-bond acceptors (Lipinski definition) is 5. The molecule has 172 valence electrons. The van der Waals surface area contributed by atoms with Crippen LogP contribution in [-0.2, 0) is 21.4 Å². The molecule has 0 aromatic heterocycles. The van der Waals surface area contributed by atoms with E-state index in [1.807, 2.05) is 25.1 Å². The molecule has 1 saturated heterocycles. The first kappa shape index (κ1) is 23.8. The Morgan fingerprint density at radius 1 is 1.09 bits per heavy atom. The first-order valence-electron chi connectivity index (χ1n) is 10.8. The largest absolute Gasteiger partial charge is 0.493 e. The Hall–Kier alpha value is -2.84. The highest BCUT2D eigenvalue weighted by molar-refractivity contribution is 7.89. The van der Waals surface area contributed by atoms with Gasteiger partial charge in [-0.2, -0.15) is 4.31 Å². The summed E-state index contributed by atoms with van der Waals surface area (Å²) >= 11 is 0. The number of ether oxygens (including phenoxy) is 2. The number of nitrogens with zero attached hydrogens (tertiary/aromatic N) is 1. The highest BCUT2D eigenvalue weighted by atomic mass is 32.2. The van der Waals surface area contributed by atoms with Crippen LogP contribution >= 0.6 is 0 Å². The third-order valence-electron chi connectivity index (χ3n) is 5.17. The second kappa shape index (κ2) is 11.2. The number of methoxy groups -OCH3 is 1. The number of carbonyl (C=O) groups is 1. The third-order valence-corrected chi connectivity index (χ3v) is 7.08. The number of sulfonamides is 1. The minimum Gasteiger partial charge on any atom is -0.493 e. The molecule has 0 radical (unpaired) electrons. The van der Waals surface area contributed by atoms with Crippen molar-refractivity contribution in [2.24, 2.45) is 0 Å². The van der Waals surface area contributed by atoms with Gasteiger partial charge in [0.25, 0.3) is 0 Å². The maximum atomic E-state index is 12.6. The van der Waals surface area contributed by atoms with Crippen molar-refractivity contribution in [2.45, 2.75) is 37.6 Å². The van der Waals surface area contributed by atoms with Crippen molar-refractivity contribution in [3.63, 3.8) is 0 Å². The lowest BCUT2D eigenvalue weighted by molar-refractivity contribution is -0.116. The van der Waals surface area contributed by atoms with Gasteiger partial charge < -0.3 is 14.8 Å². The van der Waals surface area contributed by atoms with Gasteiger partial charge in [0.05, 0.1) is 18.6 Å². The van der Waals surface area contributed by atoms with Crippen LogP contribution in [0.3, 0.4) is 0 Å². The van der Waals surface area contributed by atoms with Gasteiger partial charge in [0.1, 0.15) is 0 Å². The molecule has 0 bridgehead atoms. The van der Waals surface area contributed by atoms with Crippen molar-refractivity contribution in [3.8, 4) is 11.5 Å². The van der Waals surface area contributed by atoms with E-state index in [1.54, 1.807) is 37.5 Å². The van der Waals surface area contributed by atoms with Crippen molar-refractivity contribution in [1.82, 2.24) is 9.62 Å². The van der Waals surface area contributed by atoms with E-state index in [4.69, 9.17) is 9.47 Å². The summed E-state index contributed by atoms with van der Waals surface area (Å²) in [5.41, 5.74) is 1.64. The van der Waals surface area contributed by atoms with Crippen LogP contribution < -0.4 is 14.8 Å². The van der Waals surface area contributed by atoms with Gasteiger partial charge in [0.15, 0.2) is 11.5 Å². The van der Waals surface area contributed by atoms with Crippen molar-refractivity contribution in [3.05, 3.63) is 59.7 Å². The molecule has 1 N–H and O–H groups in total. The number of rotatable bonds is 10. The van der Waals surface area contributed by atoms with Gasteiger partial charge in [-0.15, -0.1) is 0 Å². The van der Waals surface area contributed by atoms with E-state index in [0.29, 0.717) is 37.7 Å². The maximum absolute atomic E-state index is 12.6. The lowest BCUT2D eigenvalue weighted by Gasteiger charge is -2.15. The molecular formula is C24H30N2O5S. The van der Waals surface area contributed by atoms with Gasteiger partial charge in [0.2, 0.25) is 15.9 Å². The Bertz CT molecular complexity index is 1040. The minimum absolute atomic E-state index is 0.246. The molecule has 2 aromatic carbocycles. The van der Waals surface area contributed by atoms with E-state index in [2.05, 4.69) is 5.32 Å². The Morgan fingerprint density at radius 2 is 1.81 bits per heavy atom. The highest BCUT2D eigenvalue weighted by Gasteiger charge is 2.26. The summed E-state index contributed by atoms with van der Waals surface area (Å²) in [5.74, 6) is 1.04. The summed E-state index contributed by atoms with van der Waals surface area (Å²) in [6.07, 6.45) is 5.86. The van der Waals surface area contributed by atoms with Crippen LogP contribution in [0.5, 0.6) is 11.5 Å². The molecule has 0 atom stereocenters. The molecule has 0 unspecified atom stereocenters. The quantitative estimate of drug-likeness (QED) is 0.550. The molecule has 1 amide bonds. The van der Waals surface area contributed by atoms with Crippen LogP contribution in [0.25, 0.3) is 6.08 Å². The summed E-state index contributed by atoms with van der Waals surface area (Å²) in [5, 5.41) is 2.81. The van der Waals surface area contributed by atoms with Crippen LogP contribution in [0, 0.1) is 0 Å². The van der Waals surface area contributed by atoms with E-state index < -0.39 is 10.0 Å². The van der Waals surface area contributed by atoms with Crippen molar-refractivity contribution in [2.75, 3.05) is 26.8 Å². The number of hydrogen-bond donors (Lipinski definition) is 1. The SMILES string of the molecule is CCCOc1ccc(/C=C/C(=O)NCc2ccc(S(=O)(=O)N3CCCC3)cc2)cc1OC. The Labute approximate surface area is 190 Å². The molecule has 2 aromatic rings. The first-order chi connectivity index (χ1) is 15.4. The first-order valence-corrected chi connectivity index (χ1v) is 12.2. The smallest absolute Gasteiger partial charge is 0.244 e. The molecule has 0 spiro atoms. The van der Waals surface area contributed by atoms with Crippen molar-refractivity contribution < 1.29 is 22.7 Å². The number of amides is 1. The topological polar surface area (TPSA) is 84.9 Å². The average Bonchev–Trinajstić information content (AvgIpc) is 3.36. The standard InChI is InChI=1S/C24H30N2O5S/c1-3-16-31-22-12-8-19(17-23(22)30-2)9-13-24(27)25-18-20-6-10-21(11-7-20)32(28,29)26-14-4-5-15-26/h6-13,17H,3-5,14-16,18H2,1-2H3,(H,25,27)/b13-9+. The Morgan fingerprint density at radius 3 is 2.47 bits per heavy atom. The van der Waals surface area contributed by atoms with Gasteiger partial charge >= 0.3 is 0 Å². The fourth-order valence-electron chi connectivity index (χ4n) is 3.40. The molecule has 1 aliphatic heterocycles. The molecule has 1 heterocycles. The summed E-state index contributed by atoms with van der Waals surface area (Å²) < 4.78 is 37.7. The molecule has 1 aliphatic rings. The normalized spacial score (nSPS) is 14.6. The van der Waals surface area contributed by atoms with Crippen molar-refractivity contribution in [1.29, 1.82) is 0 Å². The summed E-state index contributed by atoms with van der Waals surface area (Å²) in [6, 6.07) is 12.1. The highest BCUT2D eigenvalue weighted by Crippen LogP contribution is 2.28. The average molecular weight is 459 g/mol. The van der Waals surface area contributed by atoms with Crippen LogP contribution in [0.1, 0.15) is 37.3 Å². The predicted octanol–water partition coefficient (Wildman–Crippen LogP) is 3.60. The second-order valence-corrected chi connectivity index (χ2v) is 9.50. The zero-order chi connectivity index (χ0) is 23.0. The fourth-order valence-corrected chi connectivity index (χ4v) is 4.91. The van der Waals surface area contributed by atoms with Gasteiger partial charge in [-0.25, -0.2) is 8.42 Å². The molecule has 32 heavy (non-hydrogen) atoms. The van der Waals surface area contributed by atoms with Gasteiger partial charge in [-0.05, 0) is 60.7 Å². The minimum atomic E-state index is -3.42. The Balaban J connectivity index is 1.55. The fraction of sp³-hybridized carbons (Fsp3) is 0.375. The van der Waals surface area contributed by atoms with Crippen molar-refractivity contribution >= 4 is 22.0 Å². The third kappa shape index (κ3) is 6.11. The second-order valence-electron chi connectivity index (χ2n) is 7.57. The number of nitrogens with one attached hydrogen (secondary N) is 1. The summed E-state index contributed by atoms with van der Waals surface area (Å²) in [7, 11) is -1.85. The zero-order valence-electron chi connectivity index (χ0n) is 18.5. The van der Waals surface area contributed by atoms with Crippen LogP contribution in [-0.4, -0.2) is 45.4 Å². The lowest BCUT2D eigenvalue weighted by atomic mass is 10.2. The summed E-state index contributed by atoms with van der Waals surface area (Å²) in [4.78, 5) is 12.5. The van der Waals surface area contributed by atoms with Crippen LogP contribution in [0.2, 0.25) is 0 Å². The molecule has 1 fully saturated rings. The lowest BCUT2D eigenvalue weighted by Crippen LogP contribution is -2.27. The van der Waals surface area contributed by atoms with Crippen LogP contribution in [0.4, 0.5) is 0 Å². The van der Waals surface area contributed by atoms with E-state index >= 15 is 0 Å². The van der Waals surface area contributed by atoms with E-state index in [9.17, 15) is 13.2 Å². The van der Waals surface area contributed by atoms with E-state index in [-0.39, 0.29) is 10.8 Å². The predicted molar refractivity (Wildman–Crippen MR) is 124 cm³/mol. The number of carbonyl (C=O) groups excluding carboxylic acids is 1. The molecule has 3 rings (SSSR count). The molecule has 8 heteroatoms. The monoisotopic (exact) mass is 458 g/mol. The van der Waals surface area contributed by atoms with Crippen LogP contribution in [0.15, 0.2) is 53.4 Å². The maximum Gasteiger partial charge on any atom is 0.244 e. The van der Waals surface area contributed by atoms with Gasteiger partial charge in [0, 0.05) is 25.7 Å². The molecule has 7 nitrogen and oxygen atoms in total. The van der Waals surface area contributed by atoms with Gasteiger partial charge in [-0.1, -0.05) is 25.1 Å². The Kier molecular flexibility index (Phi) is 8.30. The molecule has 0 aliphatic carbocycles.